The van der Waals surface area contributed by atoms with Crippen LogP contribution < -0.4 is 0 Å². The molecule has 0 aliphatic rings. The van der Waals surface area contributed by atoms with Crippen LogP contribution in [0.5, 0.6) is 0 Å². The Bertz CT molecular complexity index is 317. The van der Waals surface area contributed by atoms with Crippen LogP contribution in [-0.2, 0) is 0 Å². The summed E-state index contributed by atoms with van der Waals surface area (Å²) in [6, 6.07) is 3.07. The molecule has 0 aromatic heterocycles. The lowest BCUT2D eigenvalue weighted by molar-refractivity contribution is -0.386. The lowest BCUT2D eigenvalue weighted by Gasteiger charge is -1.99. The van der Waals surface area contributed by atoms with E-state index in [-0.39, 0.29) is 5.69 Å². The molecule has 64 valence electrons. The Morgan fingerprint density at radius 3 is 2.58 bits per heavy atom. The van der Waals surface area contributed by atoms with Gasteiger partial charge >= 0.3 is 0 Å². The molecule has 0 saturated carbocycles. The Hall–Kier alpha value is -0.610. The van der Waals surface area contributed by atoms with Gasteiger partial charge in [-0.2, -0.15) is 0 Å². The molecule has 3 nitrogen and oxygen atoms in total. The fraction of sp³-hybridized carbons (Fsp3) is 0.143. The number of hydrogen-bond acceptors (Lipinski definition) is 2. The summed E-state index contributed by atoms with van der Waals surface area (Å²) in [7, 11) is 0. The second-order valence-corrected chi connectivity index (χ2v) is 3.60. The fourth-order valence-electron chi connectivity index (χ4n) is 0.926. The molecule has 1 aromatic carbocycles. The maximum atomic E-state index is 10.5. The molecule has 0 bridgehead atoms. The second kappa shape index (κ2) is 3.41. The Morgan fingerprint density at radius 2 is 2.17 bits per heavy atom. The van der Waals surface area contributed by atoms with Gasteiger partial charge < -0.3 is 0 Å². The van der Waals surface area contributed by atoms with Gasteiger partial charge in [-0.25, -0.2) is 0 Å². The number of rotatable bonds is 1. The van der Waals surface area contributed by atoms with Gasteiger partial charge in [-0.05, 0) is 35.0 Å². The zero-order chi connectivity index (χ0) is 9.30. The van der Waals surface area contributed by atoms with Crippen LogP contribution in [0.4, 0.5) is 5.69 Å². The number of nitro groups is 1. The van der Waals surface area contributed by atoms with Crippen molar-refractivity contribution in [1.29, 1.82) is 0 Å². The van der Waals surface area contributed by atoms with Gasteiger partial charge in [0.05, 0.1) is 9.40 Å². The number of hydrogen-bond donors (Lipinski definition) is 0. The van der Waals surface area contributed by atoms with Crippen LogP contribution in [0.25, 0.3) is 0 Å². The van der Waals surface area contributed by atoms with Crippen LogP contribution in [0.2, 0.25) is 5.02 Å². The minimum Gasteiger partial charge on any atom is -0.258 e. The molecule has 0 radical (unpaired) electrons. The normalized spacial score (nSPS) is 9.92. The molecule has 0 atom stereocenters. The van der Waals surface area contributed by atoms with Crippen molar-refractivity contribution in [3.05, 3.63) is 37.3 Å². The minimum atomic E-state index is -0.435. The monoisotopic (exact) mass is 249 g/mol. The van der Waals surface area contributed by atoms with E-state index in [2.05, 4.69) is 15.9 Å². The van der Waals surface area contributed by atoms with Crippen LogP contribution in [0.15, 0.2) is 16.6 Å². The maximum absolute atomic E-state index is 10.5. The summed E-state index contributed by atoms with van der Waals surface area (Å²) in [5, 5.41) is 11.0. The van der Waals surface area contributed by atoms with Gasteiger partial charge in [0.2, 0.25) is 0 Å². The number of benzene rings is 1. The minimum absolute atomic E-state index is 0.0689. The van der Waals surface area contributed by atoms with Crippen LogP contribution >= 0.6 is 27.5 Å². The summed E-state index contributed by atoms with van der Waals surface area (Å²) in [5.74, 6) is 0. The van der Waals surface area contributed by atoms with E-state index < -0.39 is 4.92 Å². The van der Waals surface area contributed by atoms with E-state index in [1.165, 1.54) is 6.07 Å². The van der Waals surface area contributed by atoms with Crippen molar-refractivity contribution in [2.45, 2.75) is 6.92 Å². The maximum Gasteiger partial charge on any atom is 0.286 e. The van der Waals surface area contributed by atoms with E-state index in [1.54, 1.807) is 13.0 Å². The summed E-state index contributed by atoms with van der Waals surface area (Å²) < 4.78 is 0.414. The molecule has 0 unspecified atom stereocenters. The molecule has 0 fully saturated rings. The second-order valence-electron chi connectivity index (χ2n) is 2.31. The van der Waals surface area contributed by atoms with Gasteiger partial charge in [0.1, 0.15) is 0 Å². The Labute approximate surface area is 82.6 Å². The lowest BCUT2D eigenvalue weighted by atomic mass is 10.2. The number of nitro benzene ring substituents is 1. The van der Waals surface area contributed by atoms with Crippen LogP contribution in [0.3, 0.4) is 0 Å². The van der Waals surface area contributed by atoms with Crippen molar-refractivity contribution in [2.75, 3.05) is 0 Å². The smallest absolute Gasteiger partial charge is 0.258 e. The first-order chi connectivity index (χ1) is 5.52. The molecule has 0 aliphatic carbocycles. The van der Waals surface area contributed by atoms with Gasteiger partial charge in [0.25, 0.3) is 5.69 Å². The van der Waals surface area contributed by atoms with Gasteiger partial charge in [0, 0.05) is 10.6 Å². The van der Waals surface area contributed by atoms with E-state index >= 15 is 0 Å². The standard InChI is InChI=1S/C7H5BrClNO2/c1-4-2-5(9)3-6(8)7(4)10(11)12/h2-3H,1H3. The Balaban J connectivity index is 3.38. The molecule has 0 spiro atoms. The van der Waals surface area contributed by atoms with E-state index in [0.29, 0.717) is 15.1 Å². The number of nitrogens with zero attached hydrogens (tertiary/aromatic N) is 1. The van der Waals surface area contributed by atoms with Crippen molar-refractivity contribution >= 4 is 33.2 Å². The summed E-state index contributed by atoms with van der Waals surface area (Å²) >= 11 is 8.75. The summed E-state index contributed by atoms with van der Waals surface area (Å²) in [6.45, 7) is 1.65. The highest BCUT2D eigenvalue weighted by Crippen LogP contribution is 2.31. The van der Waals surface area contributed by atoms with Crippen molar-refractivity contribution in [3.63, 3.8) is 0 Å². The van der Waals surface area contributed by atoms with E-state index in [4.69, 9.17) is 11.6 Å². The van der Waals surface area contributed by atoms with Gasteiger partial charge in [-0.15, -0.1) is 0 Å². The van der Waals surface area contributed by atoms with Gasteiger partial charge in [-0.1, -0.05) is 11.6 Å². The van der Waals surface area contributed by atoms with Crippen molar-refractivity contribution in [3.8, 4) is 0 Å². The zero-order valence-electron chi connectivity index (χ0n) is 6.17. The molecule has 0 saturated heterocycles. The molecule has 5 heteroatoms. The molecule has 12 heavy (non-hydrogen) atoms. The molecule has 0 amide bonds. The Kier molecular flexibility index (Phi) is 2.69. The quantitative estimate of drug-likeness (QED) is 0.567. The van der Waals surface area contributed by atoms with Crippen molar-refractivity contribution in [1.82, 2.24) is 0 Å². The topological polar surface area (TPSA) is 43.1 Å². The number of aryl methyl sites for hydroxylation is 1. The van der Waals surface area contributed by atoms with E-state index in [0.717, 1.165) is 0 Å². The first kappa shape index (κ1) is 9.48. The fourth-order valence-corrected chi connectivity index (χ4v) is 2.03. The van der Waals surface area contributed by atoms with E-state index in [1.807, 2.05) is 0 Å². The summed E-state index contributed by atoms with van der Waals surface area (Å²) in [5.41, 5.74) is 0.624. The van der Waals surface area contributed by atoms with Gasteiger partial charge in [-0.3, -0.25) is 10.1 Å². The van der Waals surface area contributed by atoms with Crippen LogP contribution in [0, 0.1) is 17.0 Å². The van der Waals surface area contributed by atoms with E-state index in [9.17, 15) is 10.1 Å². The van der Waals surface area contributed by atoms with Crippen LogP contribution in [-0.4, -0.2) is 4.92 Å². The predicted molar refractivity (Wildman–Crippen MR) is 50.5 cm³/mol. The first-order valence-electron chi connectivity index (χ1n) is 3.12. The summed E-state index contributed by atoms with van der Waals surface area (Å²) in [6.07, 6.45) is 0. The predicted octanol–water partition coefficient (Wildman–Crippen LogP) is 3.32. The highest BCUT2D eigenvalue weighted by molar-refractivity contribution is 9.10. The third kappa shape index (κ3) is 1.76. The largest absolute Gasteiger partial charge is 0.286 e. The Morgan fingerprint density at radius 1 is 1.58 bits per heavy atom. The lowest BCUT2D eigenvalue weighted by Crippen LogP contribution is -1.92. The van der Waals surface area contributed by atoms with Crippen molar-refractivity contribution < 1.29 is 4.92 Å². The summed E-state index contributed by atoms with van der Waals surface area (Å²) in [4.78, 5) is 10.1. The third-order valence-corrected chi connectivity index (χ3v) is 2.22. The molecular weight excluding hydrogens is 245 g/mol. The molecule has 1 rings (SSSR count). The van der Waals surface area contributed by atoms with Gasteiger partial charge in [0.15, 0.2) is 0 Å². The highest BCUT2D eigenvalue weighted by atomic mass is 79.9. The number of halogens is 2. The molecule has 1 aromatic rings. The van der Waals surface area contributed by atoms with Crippen molar-refractivity contribution in [2.24, 2.45) is 0 Å². The third-order valence-electron chi connectivity index (χ3n) is 1.40. The average Bonchev–Trinajstić information content (AvgIpc) is 1.82. The first-order valence-corrected chi connectivity index (χ1v) is 4.29. The molecular formula is C7H5BrClNO2. The van der Waals surface area contributed by atoms with Crippen LogP contribution in [0.1, 0.15) is 5.56 Å². The zero-order valence-corrected chi connectivity index (χ0v) is 8.52. The molecule has 0 aliphatic heterocycles. The molecule has 0 heterocycles. The SMILES string of the molecule is Cc1cc(Cl)cc(Br)c1[N+](=O)[O-]. The highest BCUT2D eigenvalue weighted by Gasteiger charge is 2.15. The molecule has 0 N–H and O–H groups in total. The average molecular weight is 250 g/mol.